The van der Waals surface area contributed by atoms with E-state index in [9.17, 15) is 9.59 Å². The van der Waals surface area contributed by atoms with Crippen LogP contribution in [0.1, 0.15) is 55.6 Å². The fourth-order valence-corrected chi connectivity index (χ4v) is 6.58. The summed E-state index contributed by atoms with van der Waals surface area (Å²) in [6.45, 7) is 17.7. The molecule has 0 unspecified atom stereocenters. The highest BCUT2D eigenvalue weighted by atomic mass is 79.9. The third kappa shape index (κ3) is 8.80. The van der Waals surface area contributed by atoms with Crippen molar-refractivity contribution >= 4 is 41.7 Å². The topological polar surface area (TPSA) is 94.5 Å². The molecule has 1 aliphatic carbocycles. The minimum absolute atomic E-state index is 0.177. The lowest BCUT2D eigenvalue weighted by Crippen LogP contribution is -2.48. The Hall–Kier alpha value is -2.95. The lowest BCUT2D eigenvalue weighted by atomic mass is 9.92. The Morgan fingerprint density at radius 3 is 2.47 bits per heavy atom. The molecule has 8 nitrogen and oxygen atoms in total. The quantitative estimate of drug-likeness (QED) is 0.170. The Balaban J connectivity index is 1.49. The summed E-state index contributed by atoms with van der Waals surface area (Å²) >= 11 is 3.56. The van der Waals surface area contributed by atoms with Crippen molar-refractivity contribution in [2.45, 2.75) is 97.4 Å². The molecule has 0 aliphatic heterocycles. The smallest absolute Gasteiger partial charge is 0.408 e. The van der Waals surface area contributed by atoms with Crippen LogP contribution in [0.15, 0.2) is 46.9 Å². The van der Waals surface area contributed by atoms with Gasteiger partial charge in [0.15, 0.2) is 0 Å². The number of ether oxygens (including phenoxy) is 2. The number of halogens is 1. The molecule has 0 saturated heterocycles. The van der Waals surface area contributed by atoms with Gasteiger partial charge >= 0.3 is 6.09 Å². The van der Waals surface area contributed by atoms with Crippen molar-refractivity contribution in [3.8, 4) is 11.1 Å². The molecule has 232 valence electrons. The second kappa shape index (κ2) is 13.4. The van der Waals surface area contributed by atoms with Gasteiger partial charge in [-0.25, -0.2) is 9.48 Å². The average Bonchev–Trinajstić information content (AvgIpc) is 3.43. The maximum atomic E-state index is 13.7. The number of rotatable bonds is 10. The molecule has 1 aromatic heterocycles. The summed E-state index contributed by atoms with van der Waals surface area (Å²) in [6.07, 6.45) is 0.986. The number of benzene rings is 2. The predicted octanol–water partition coefficient (Wildman–Crippen LogP) is 7.80. The van der Waals surface area contributed by atoms with E-state index in [0.29, 0.717) is 12.4 Å². The maximum Gasteiger partial charge on any atom is 0.408 e. The third-order valence-corrected chi connectivity index (χ3v) is 9.82. The molecule has 0 radical (unpaired) electrons. The molecule has 43 heavy (non-hydrogen) atoms. The summed E-state index contributed by atoms with van der Waals surface area (Å²) in [4.78, 5) is 26.5. The van der Waals surface area contributed by atoms with E-state index in [-0.39, 0.29) is 11.8 Å². The van der Waals surface area contributed by atoms with Crippen molar-refractivity contribution in [2.24, 2.45) is 0 Å². The van der Waals surface area contributed by atoms with E-state index in [4.69, 9.17) is 14.6 Å². The highest BCUT2D eigenvalue weighted by Gasteiger charge is 2.36. The number of amides is 2. The zero-order valence-electron chi connectivity index (χ0n) is 26.6. The number of hydrogen-bond donors (Lipinski definition) is 2. The first-order valence-corrected chi connectivity index (χ1v) is 19.4. The van der Waals surface area contributed by atoms with Crippen LogP contribution in [0.5, 0.6) is 0 Å². The SMILES string of the molecule is Cc1nn(COCC[Si](C)(C)C)c(C)c1-c1ccc(NC(=O)[C@@H](NC(=O)OC(C)(C)C)[C@@H]2CCc3ccc(Br)cc32)cc1. The summed E-state index contributed by atoms with van der Waals surface area (Å²) in [5.74, 6) is -0.463. The summed E-state index contributed by atoms with van der Waals surface area (Å²) < 4.78 is 14.3. The van der Waals surface area contributed by atoms with Crippen LogP contribution in [-0.2, 0) is 27.4 Å². The lowest BCUT2D eigenvalue weighted by molar-refractivity contribution is -0.118. The molecule has 1 heterocycles. The van der Waals surface area contributed by atoms with Gasteiger partial charge in [0.05, 0.1) is 5.69 Å². The Bertz CT molecular complexity index is 1460. The number of aromatic nitrogens is 2. The van der Waals surface area contributed by atoms with E-state index in [2.05, 4.69) is 59.2 Å². The molecule has 2 atom stereocenters. The average molecular weight is 670 g/mol. The van der Waals surface area contributed by atoms with E-state index in [0.717, 1.165) is 58.0 Å². The van der Waals surface area contributed by atoms with Gasteiger partial charge in [-0.2, -0.15) is 5.10 Å². The summed E-state index contributed by atoms with van der Waals surface area (Å²) in [5.41, 5.74) is 6.26. The van der Waals surface area contributed by atoms with Crippen molar-refractivity contribution in [3.63, 3.8) is 0 Å². The number of nitrogens with one attached hydrogen (secondary N) is 2. The maximum absolute atomic E-state index is 13.7. The van der Waals surface area contributed by atoms with Crippen LogP contribution in [0.2, 0.25) is 25.7 Å². The fraction of sp³-hybridized carbons (Fsp3) is 0.485. The van der Waals surface area contributed by atoms with Crippen LogP contribution >= 0.6 is 15.9 Å². The minimum atomic E-state index is -1.15. The van der Waals surface area contributed by atoms with Gasteiger partial charge in [0, 0.05) is 42.0 Å². The molecule has 2 N–H and O–H groups in total. The van der Waals surface area contributed by atoms with Gasteiger partial charge in [0.2, 0.25) is 5.91 Å². The molecule has 10 heteroatoms. The van der Waals surface area contributed by atoms with E-state index >= 15 is 0 Å². The number of hydrogen-bond acceptors (Lipinski definition) is 5. The first-order valence-electron chi connectivity index (χ1n) is 14.9. The van der Waals surface area contributed by atoms with Crippen LogP contribution < -0.4 is 10.6 Å². The molecule has 3 aromatic rings. The second-order valence-corrected chi connectivity index (χ2v) is 20.1. The minimum Gasteiger partial charge on any atom is -0.444 e. The van der Waals surface area contributed by atoms with Crippen molar-refractivity contribution in [2.75, 3.05) is 11.9 Å². The molecule has 2 aromatic carbocycles. The number of alkyl carbamates (subject to hydrolysis) is 1. The standard InChI is InChI=1S/C33H45BrN4O4Si/c1-21-29(22(2)38(37-21)20-41-17-18-43(6,7)8)24-10-14-26(15-11-24)35-31(39)30(36-32(40)42-33(3,4)5)27-16-12-23-9-13-25(34)19-28(23)27/h9-11,13-15,19,27,30H,12,16-18,20H2,1-8H3,(H,35,39)(H,36,40)/t27-,30+/m1/s1. The number of fused-ring (bicyclic) bond motifs is 1. The lowest BCUT2D eigenvalue weighted by Gasteiger charge is -2.27. The van der Waals surface area contributed by atoms with Gasteiger partial charge in [0.1, 0.15) is 18.4 Å². The highest BCUT2D eigenvalue weighted by molar-refractivity contribution is 9.10. The predicted molar refractivity (Wildman–Crippen MR) is 178 cm³/mol. The molecular weight excluding hydrogens is 624 g/mol. The Labute approximate surface area is 265 Å². The Morgan fingerprint density at radius 1 is 1.12 bits per heavy atom. The van der Waals surface area contributed by atoms with Gasteiger partial charge < -0.3 is 20.1 Å². The van der Waals surface area contributed by atoms with Crippen LogP contribution in [0.3, 0.4) is 0 Å². The Morgan fingerprint density at radius 2 is 1.81 bits per heavy atom. The van der Waals surface area contributed by atoms with E-state index in [1.807, 2.05) is 48.0 Å². The van der Waals surface area contributed by atoms with Gasteiger partial charge in [-0.05, 0) is 94.5 Å². The van der Waals surface area contributed by atoms with Gasteiger partial charge in [0.25, 0.3) is 0 Å². The molecule has 0 bridgehead atoms. The van der Waals surface area contributed by atoms with E-state index < -0.39 is 25.8 Å². The number of nitrogens with zero attached hydrogens (tertiary/aromatic N) is 2. The van der Waals surface area contributed by atoms with Gasteiger partial charge in [-0.3, -0.25) is 4.79 Å². The van der Waals surface area contributed by atoms with Crippen molar-refractivity contribution < 1.29 is 19.1 Å². The molecule has 4 rings (SSSR count). The molecule has 2 amide bonds. The van der Waals surface area contributed by atoms with E-state index in [1.54, 1.807) is 20.8 Å². The number of anilines is 1. The number of carbonyl (C=O) groups excluding carboxylic acids is 2. The summed E-state index contributed by atoms with van der Waals surface area (Å²) in [7, 11) is -1.15. The second-order valence-electron chi connectivity index (χ2n) is 13.6. The molecule has 0 spiro atoms. The number of carbonyl (C=O) groups is 2. The molecule has 0 saturated carbocycles. The van der Waals surface area contributed by atoms with Gasteiger partial charge in [-0.1, -0.05) is 53.8 Å². The molecule has 0 fully saturated rings. The van der Waals surface area contributed by atoms with Crippen molar-refractivity contribution in [3.05, 3.63) is 69.5 Å². The van der Waals surface area contributed by atoms with E-state index in [1.165, 1.54) is 5.56 Å². The fourth-order valence-electron chi connectivity index (χ4n) is 5.44. The number of aryl methyl sites for hydroxylation is 2. The van der Waals surface area contributed by atoms with Crippen LogP contribution in [0.4, 0.5) is 10.5 Å². The highest BCUT2D eigenvalue weighted by Crippen LogP contribution is 2.38. The van der Waals surface area contributed by atoms with Crippen molar-refractivity contribution in [1.82, 2.24) is 15.1 Å². The summed E-state index contributed by atoms with van der Waals surface area (Å²) in [5, 5.41) is 10.6. The Kier molecular flexibility index (Phi) is 10.2. The van der Waals surface area contributed by atoms with Crippen molar-refractivity contribution in [1.29, 1.82) is 0 Å². The monoisotopic (exact) mass is 668 g/mol. The van der Waals surface area contributed by atoms with Gasteiger partial charge in [-0.15, -0.1) is 0 Å². The first-order chi connectivity index (χ1) is 20.1. The first kappa shape index (κ1) is 33.0. The summed E-state index contributed by atoms with van der Waals surface area (Å²) in [6, 6.07) is 14.2. The molecular formula is C33H45BrN4O4Si. The van der Waals surface area contributed by atoms with Crippen LogP contribution in [0, 0.1) is 13.8 Å². The van der Waals surface area contributed by atoms with Crippen LogP contribution in [0.25, 0.3) is 11.1 Å². The molecule has 1 aliphatic rings. The third-order valence-electron chi connectivity index (χ3n) is 7.62. The normalized spacial score (nSPS) is 15.6. The largest absolute Gasteiger partial charge is 0.444 e. The zero-order valence-corrected chi connectivity index (χ0v) is 29.2. The zero-order chi connectivity index (χ0) is 31.5. The van der Waals surface area contributed by atoms with Crippen LogP contribution in [-0.4, -0.2) is 48.1 Å².